The van der Waals surface area contributed by atoms with Crippen molar-refractivity contribution in [2.45, 2.75) is 73.1 Å². The first-order chi connectivity index (χ1) is 7.81. The molecule has 2 nitrogen and oxygen atoms in total. The number of unbranched alkanes of at least 4 members (excludes halogenated alkanes) is 2. The van der Waals surface area contributed by atoms with Crippen LogP contribution in [-0.2, 0) is 4.79 Å². The number of carbonyl (C=O) groups is 1. The van der Waals surface area contributed by atoms with Crippen molar-refractivity contribution in [1.82, 2.24) is 5.32 Å². The van der Waals surface area contributed by atoms with Gasteiger partial charge in [-0.3, -0.25) is 4.79 Å². The molecule has 0 aliphatic heterocycles. The van der Waals surface area contributed by atoms with Crippen LogP contribution in [0.15, 0.2) is 0 Å². The van der Waals surface area contributed by atoms with Gasteiger partial charge < -0.3 is 5.32 Å². The molecule has 0 aromatic heterocycles. The Bertz CT molecular complexity index is 203. The van der Waals surface area contributed by atoms with Crippen LogP contribution >= 0.6 is 0 Å². The molecule has 1 N–H and O–H groups in total. The molecule has 17 heavy (non-hydrogen) atoms. The molecule has 2 heteroatoms. The van der Waals surface area contributed by atoms with Crippen molar-refractivity contribution in [3.8, 4) is 0 Å². The highest BCUT2D eigenvalue weighted by Gasteiger charge is 2.09. The maximum atomic E-state index is 11.5. The van der Waals surface area contributed by atoms with Gasteiger partial charge in [0.15, 0.2) is 0 Å². The summed E-state index contributed by atoms with van der Waals surface area (Å²) in [5.74, 6) is 0.892. The Morgan fingerprint density at radius 2 is 1.76 bits per heavy atom. The minimum Gasteiger partial charge on any atom is -0.356 e. The van der Waals surface area contributed by atoms with Gasteiger partial charge >= 0.3 is 0 Å². The van der Waals surface area contributed by atoms with E-state index in [4.69, 9.17) is 0 Å². The number of hydrogen-bond acceptors (Lipinski definition) is 1. The average molecular weight is 241 g/mol. The lowest BCUT2D eigenvalue weighted by atomic mass is 9.89. The van der Waals surface area contributed by atoms with Gasteiger partial charge in [-0.2, -0.15) is 0 Å². The molecule has 0 saturated heterocycles. The van der Waals surface area contributed by atoms with Crippen LogP contribution in [0.1, 0.15) is 73.1 Å². The van der Waals surface area contributed by atoms with E-state index in [1.165, 1.54) is 19.3 Å². The second-order valence-corrected chi connectivity index (χ2v) is 6.65. The van der Waals surface area contributed by atoms with E-state index in [0.717, 1.165) is 19.4 Å². The molecule has 0 bridgehead atoms. The molecule has 0 atom stereocenters. The molecule has 0 fully saturated rings. The molecule has 0 aliphatic carbocycles. The largest absolute Gasteiger partial charge is 0.356 e. The third-order valence-corrected chi connectivity index (χ3v) is 2.87. The maximum Gasteiger partial charge on any atom is 0.219 e. The van der Waals surface area contributed by atoms with Crippen molar-refractivity contribution in [2.75, 3.05) is 6.54 Å². The monoisotopic (exact) mass is 241 g/mol. The fourth-order valence-electron chi connectivity index (χ4n) is 1.71. The Morgan fingerprint density at radius 1 is 1.12 bits per heavy atom. The maximum absolute atomic E-state index is 11.5. The second kappa shape index (κ2) is 8.54. The number of hydrogen-bond donors (Lipinski definition) is 1. The number of carbonyl (C=O) groups excluding carboxylic acids is 1. The predicted octanol–water partition coefficient (Wildman–Crippen LogP) is 4.15. The molecule has 0 radical (unpaired) electrons. The molecule has 0 aliphatic rings. The van der Waals surface area contributed by atoms with Crippen LogP contribution < -0.4 is 5.32 Å². The van der Waals surface area contributed by atoms with Gasteiger partial charge in [-0.15, -0.1) is 0 Å². The van der Waals surface area contributed by atoms with Gasteiger partial charge in [-0.05, 0) is 30.6 Å². The molecule has 0 aromatic rings. The molecule has 1 amide bonds. The van der Waals surface area contributed by atoms with Crippen LogP contribution in [0.3, 0.4) is 0 Å². The van der Waals surface area contributed by atoms with Crippen LogP contribution in [0.5, 0.6) is 0 Å². The Kier molecular flexibility index (Phi) is 8.28. The van der Waals surface area contributed by atoms with E-state index in [0.29, 0.717) is 17.8 Å². The summed E-state index contributed by atoms with van der Waals surface area (Å²) in [5.41, 5.74) is 0.430. The van der Waals surface area contributed by atoms with Crippen LogP contribution in [-0.4, -0.2) is 12.5 Å². The van der Waals surface area contributed by atoms with E-state index in [-0.39, 0.29) is 5.91 Å². The summed E-state index contributed by atoms with van der Waals surface area (Å²) in [4.78, 5) is 11.5. The standard InChI is InChI=1S/C15H31NO/c1-13(2)10-12-16-14(17)9-7-6-8-11-15(3,4)5/h13H,6-12H2,1-5H3,(H,16,17). The lowest BCUT2D eigenvalue weighted by Crippen LogP contribution is -2.24. The Balaban J connectivity index is 3.34. The van der Waals surface area contributed by atoms with Crippen molar-refractivity contribution >= 4 is 5.91 Å². The van der Waals surface area contributed by atoms with Crippen LogP contribution in [0, 0.1) is 11.3 Å². The van der Waals surface area contributed by atoms with Crippen LogP contribution in [0.2, 0.25) is 0 Å². The number of amides is 1. The van der Waals surface area contributed by atoms with Crippen LogP contribution in [0.25, 0.3) is 0 Å². The molecule has 0 rings (SSSR count). The van der Waals surface area contributed by atoms with Gasteiger partial charge in [-0.25, -0.2) is 0 Å². The summed E-state index contributed by atoms with van der Waals surface area (Å²) >= 11 is 0. The second-order valence-electron chi connectivity index (χ2n) is 6.65. The fraction of sp³-hybridized carbons (Fsp3) is 0.933. The number of nitrogens with one attached hydrogen (secondary N) is 1. The van der Waals surface area contributed by atoms with Gasteiger partial charge in [0, 0.05) is 13.0 Å². The van der Waals surface area contributed by atoms with Crippen molar-refractivity contribution in [1.29, 1.82) is 0 Å². The molecule has 0 unspecified atom stereocenters. The highest BCUT2D eigenvalue weighted by Crippen LogP contribution is 2.22. The zero-order chi connectivity index (χ0) is 13.3. The molecular weight excluding hydrogens is 210 g/mol. The minimum absolute atomic E-state index is 0.224. The average Bonchev–Trinajstić information content (AvgIpc) is 2.14. The Hall–Kier alpha value is -0.530. The summed E-state index contributed by atoms with van der Waals surface area (Å²) < 4.78 is 0. The minimum atomic E-state index is 0.224. The fourth-order valence-corrected chi connectivity index (χ4v) is 1.71. The van der Waals surface area contributed by atoms with Gasteiger partial charge in [0.25, 0.3) is 0 Å². The van der Waals surface area contributed by atoms with Gasteiger partial charge in [0.1, 0.15) is 0 Å². The molecule has 0 heterocycles. The SMILES string of the molecule is CC(C)CCNC(=O)CCCCCC(C)(C)C. The number of rotatable bonds is 8. The zero-order valence-corrected chi connectivity index (χ0v) is 12.4. The third-order valence-electron chi connectivity index (χ3n) is 2.87. The van der Waals surface area contributed by atoms with Crippen molar-refractivity contribution in [2.24, 2.45) is 11.3 Å². The predicted molar refractivity (Wildman–Crippen MR) is 75.0 cm³/mol. The highest BCUT2D eigenvalue weighted by molar-refractivity contribution is 5.75. The van der Waals surface area contributed by atoms with E-state index in [2.05, 4.69) is 39.9 Å². The molecule has 0 aromatic carbocycles. The first kappa shape index (κ1) is 16.5. The Labute approximate surface area is 108 Å². The van der Waals surface area contributed by atoms with E-state index in [1.54, 1.807) is 0 Å². The lowest BCUT2D eigenvalue weighted by molar-refractivity contribution is -0.121. The van der Waals surface area contributed by atoms with Gasteiger partial charge in [0.2, 0.25) is 5.91 Å². The lowest BCUT2D eigenvalue weighted by Gasteiger charge is -2.17. The summed E-state index contributed by atoms with van der Waals surface area (Å²) in [5, 5.41) is 2.98. The summed E-state index contributed by atoms with van der Waals surface area (Å²) in [6, 6.07) is 0. The third kappa shape index (κ3) is 13.4. The van der Waals surface area contributed by atoms with E-state index >= 15 is 0 Å². The van der Waals surface area contributed by atoms with E-state index in [9.17, 15) is 4.79 Å². The van der Waals surface area contributed by atoms with E-state index < -0.39 is 0 Å². The topological polar surface area (TPSA) is 29.1 Å². The molecule has 102 valence electrons. The van der Waals surface area contributed by atoms with Crippen LogP contribution in [0.4, 0.5) is 0 Å². The zero-order valence-electron chi connectivity index (χ0n) is 12.4. The van der Waals surface area contributed by atoms with Gasteiger partial charge in [-0.1, -0.05) is 47.5 Å². The molecule has 0 spiro atoms. The first-order valence-corrected chi connectivity index (χ1v) is 7.08. The molecule has 0 saturated carbocycles. The quantitative estimate of drug-likeness (QED) is 0.636. The summed E-state index contributed by atoms with van der Waals surface area (Å²) in [7, 11) is 0. The Morgan fingerprint density at radius 3 is 2.29 bits per heavy atom. The molecular formula is C15H31NO. The summed E-state index contributed by atoms with van der Waals surface area (Å²) in [6.07, 6.45) is 6.47. The van der Waals surface area contributed by atoms with Crippen molar-refractivity contribution in [3.05, 3.63) is 0 Å². The summed E-state index contributed by atoms with van der Waals surface area (Å²) in [6.45, 7) is 12.0. The van der Waals surface area contributed by atoms with E-state index in [1.807, 2.05) is 0 Å². The van der Waals surface area contributed by atoms with Crippen molar-refractivity contribution < 1.29 is 4.79 Å². The normalized spacial score (nSPS) is 11.9. The van der Waals surface area contributed by atoms with Gasteiger partial charge in [0.05, 0.1) is 0 Å². The highest BCUT2D eigenvalue weighted by atomic mass is 16.1. The smallest absolute Gasteiger partial charge is 0.219 e. The first-order valence-electron chi connectivity index (χ1n) is 7.08. The van der Waals surface area contributed by atoms with Crippen molar-refractivity contribution in [3.63, 3.8) is 0 Å².